The summed E-state index contributed by atoms with van der Waals surface area (Å²) in [5.41, 5.74) is 23.7. The number of rotatable bonds is 8. The molecule has 3 heterocycles. The van der Waals surface area contributed by atoms with Gasteiger partial charge in [-0.25, -0.2) is 0 Å². The van der Waals surface area contributed by atoms with E-state index in [2.05, 4.69) is 96.5 Å². The third-order valence-electron chi connectivity index (χ3n) is 7.38. The van der Waals surface area contributed by atoms with Crippen LogP contribution in [0, 0.1) is 0 Å². The van der Waals surface area contributed by atoms with Crippen LogP contribution in [0.5, 0.6) is 0 Å². The van der Waals surface area contributed by atoms with Crippen molar-refractivity contribution < 1.29 is 17.9 Å². The topological polar surface area (TPSA) is 92.6 Å². The molecule has 0 saturated carbocycles. The van der Waals surface area contributed by atoms with Crippen molar-refractivity contribution in [3.63, 3.8) is 0 Å². The average molecular weight is 609 g/mol. The van der Waals surface area contributed by atoms with Crippen molar-refractivity contribution in [3.8, 4) is 0 Å². The Hall–Kier alpha value is -5.19. The minimum absolute atomic E-state index is 0.402. The fraction of sp³-hybridized carbons (Fsp3) is 0. The van der Waals surface area contributed by atoms with Crippen LogP contribution >= 0.6 is 0 Å². The van der Waals surface area contributed by atoms with Crippen LogP contribution in [-0.2, 0) is 17.9 Å². The number of nitrogens with zero attached hydrogens (tertiary/aromatic N) is 2. The summed E-state index contributed by atoms with van der Waals surface area (Å²) >= 11 is 1.01. The SMILES string of the molecule is C=C/C(N)=C(\N)C1=N/C(=C(/c2ccccc2)c2ccc(/C(=C3/C=CC([C](=[Zn])c4ccccc4)=N3)c3ccccc3)[nH]2)C=C1. The van der Waals surface area contributed by atoms with E-state index >= 15 is 0 Å². The molecular weight excluding hydrogens is 580 g/mol. The van der Waals surface area contributed by atoms with E-state index in [1.54, 1.807) is 0 Å². The van der Waals surface area contributed by atoms with Crippen molar-refractivity contribution in [1.29, 1.82) is 0 Å². The summed E-state index contributed by atoms with van der Waals surface area (Å²) in [4.78, 5) is 13.7. The van der Waals surface area contributed by atoms with Gasteiger partial charge in [-0.2, -0.15) is 0 Å². The molecule has 0 saturated heterocycles. The molecule has 6 rings (SSSR count). The van der Waals surface area contributed by atoms with Gasteiger partial charge < -0.3 is 11.5 Å². The maximum absolute atomic E-state index is 6.27. The molecule has 6 heteroatoms. The van der Waals surface area contributed by atoms with Crippen molar-refractivity contribution in [3.05, 3.63) is 191 Å². The van der Waals surface area contributed by atoms with E-state index in [1.807, 2.05) is 42.5 Å². The summed E-state index contributed by atoms with van der Waals surface area (Å²) in [6, 6.07) is 35.3. The molecule has 0 bridgehead atoms. The number of nitrogens with one attached hydrogen (secondary N) is 1. The number of benzene rings is 3. The second-order valence-electron chi connectivity index (χ2n) is 10.1. The Kier molecular flexibility index (Phi) is 8.03. The monoisotopic (exact) mass is 607 g/mol. The standard InChI is InChI=1S/C37H29N5.Zn/c1-2-29(38)37(39)34-23-22-33(42-34)36(27-16-10-5-11-17-27)32-21-20-31(41-32)35(26-14-8-4-9-15-26)30-19-18-28(40-30)24-25-12-6-3-7-13-25;/h2-23,41H,1,38-39H2;/b35-30-,36-33-,37-29+;. The molecule has 2 aliphatic heterocycles. The van der Waals surface area contributed by atoms with E-state index < -0.39 is 0 Å². The van der Waals surface area contributed by atoms with Crippen molar-refractivity contribution >= 4 is 26.7 Å². The van der Waals surface area contributed by atoms with Crippen molar-refractivity contribution in [2.24, 2.45) is 21.5 Å². The van der Waals surface area contributed by atoms with Gasteiger partial charge in [0.2, 0.25) is 0 Å². The Labute approximate surface area is 261 Å². The molecule has 4 aromatic rings. The molecular formula is C37H29N5Zn. The van der Waals surface area contributed by atoms with E-state index in [1.165, 1.54) is 15.7 Å². The average Bonchev–Trinajstić information content (AvgIpc) is 3.85. The first-order valence-corrected chi connectivity index (χ1v) is 15.5. The summed E-state index contributed by atoms with van der Waals surface area (Å²) in [5, 5.41) is 0. The van der Waals surface area contributed by atoms with Crippen LogP contribution in [0.25, 0.3) is 11.1 Å². The molecule has 5 nitrogen and oxygen atoms in total. The number of nitrogens with two attached hydrogens (primary N) is 2. The maximum atomic E-state index is 6.27. The van der Waals surface area contributed by atoms with Gasteiger partial charge in [-0.3, -0.25) is 0 Å². The number of allylic oxidation sites excluding steroid dienone is 5. The predicted octanol–water partition coefficient (Wildman–Crippen LogP) is 6.64. The Morgan fingerprint density at radius 1 is 0.605 bits per heavy atom. The number of hydrogen-bond acceptors (Lipinski definition) is 4. The van der Waals surface area contributed by atoms with Crippen LogP contribution in [0.15, 0.2) is 173 Å². The predicted molar refractivity (Wildman–Crippen MR) is 175 cm³/mol. The molecule has 204 valence electrons. The summed E-state index contributed by atoms with van der Waals surface area (Å²) in [6.07, 6.45) is 9.63. The summed E-state index contributed by atoms with van der Waals surface area (Å²) in [7, 11) is 0. The third kappa shape index (κ3) is 5.79. The first-order valence-electron chi connectivity index (χ1n) is 14.0. The van der Waals surface area contributed by atoms with Gasteiger partial charge in [-0.1, -0.05) is 12.6 Å². The second kappa shape index (κ2) is 12.4. The van der Waals surface area contributed by atoms with Crippen LogP contribution in [0.4, 0.5) is 0 Å². The molecule has 1 aromatic heterocycles. The fourth-order valence-corrected chi connectivity index (χ4v) is 6.05. The molecule has 43 heavy (non-hydrogen) atoms. The normalized spacial score (nSPS) is 16.9. The molecule has 0 spiro atoms. The molecule has 3 aromatic carbocycles. The van der Waals surface area contributed by atoms with Crippen molar-refractivity contribution in [2.45, 2.75) is 0 Å². The van der Waals surface area contributed by atoms with E-state index in [0.717, 1.165) is 68.6 Å². The zero-order valence-electron chi connectivity index (χ0n) is 23.7. The van der Waals surface area contributed by atoms with Gasteiger partial charge in [-0.05, 0) is 6.08 Å². The zero-order valence-corrected chi connectivity index (χ0v) is 26.6. The molecule has 5 N–H and O–H groups in total. The molecule has 0 aliphatic carbocycles. The first-order chi connectivity index (χ1) is 21.0. The van der Waals surface area contributed by atoms with E-state index in [4.69, 9.17) is 21.5 Å². The van der Waals surface area contributed by atoms with Crippen molar-refractivity contribution in [1.82, 2.24) is 4.98 Å². The molecule has 0 amide bonds. The Bertz CT molecular complexity index is 1930. The van der Waals surface area contributed by atoms with Crippen LogP contribution in [0.3, 0.4) is 0 Å². The van der Waals surface area contributed by atoms with Gasteiger partial charge >= 0.3 is 220 Å². The van der Waals surface area contributed by atoms with Crippen molar-refractivity contribution in [2.75, 3.05) is 0 Å². The number of aromatic nitrogens is 1. The van der Waals surface area contributed by atoms with Gasteiger partial charge in [0.05, 0.1) is 11.4 Å². The van der Waals surface area contributed by atoms with Crippen LogP contribution in [0.1, 0.15) is 28.1 Å². The van der Waals surface area contributed by atoms with Gasteiger partial charge in [0, 0.05) is 0 Å². The number of aromatic amines is 1. The van der Waals surface area contributed by atoms with Gasteiger partial charge in [0.1, 0.15) is 0 Å². The Morgan fingerprint density at radius 3 is 1.53 bits per heavy atom. The fourth-order valence-electron chi connectivity index (χ4n) is 5.15. The second-order valence-corrected chi connectivity index (χ2v) is 11.6. The number of hydrogen-bond donors (Lipinski definition) is 3. The molecule has 0 fully saturated rings. The van der Waals surface area contributed by atoms with Gasteiger partial charge in [0.15, 0.2) is 0 Å². The molecule has 0 radical (unpaired) electrons. The van der Waals surface area contributed by atoms with Gasteiger partial charge in [0.25, 0.3) is 0 Å². The number of H-pyrrole nitrogens is 1. The molecule has 0 atom stereocenters. The van der Waals surface area contributed by atoms with E-state index in [-0.39, 0.29) is 0 Å². The van der Waals surface area contributed by atoms with Crippen LogP contribution in [0.2, 0.25) is 0 Å². The number of aliphatic imine (C=N–C) groups is 2. The summed E-state index contributed by atoms with van der Waals surface area (Å²) in [5.74, 6) is 0. The summed E-state index contributed by atoms with van der Waals surface area (Å²) in [6.45, 7) is 3.73. The Balaban J connectivity index is 1.48. The van der Waals surface area contributed by atoms with Crippen LogP contribution < -0.4 is 11.5 Å². The van der Waals surface area contributed by atoms with E-state index in [0.29, 0.717) is 17.1 Å². The first kappa shape index (κ1) is 28.0. The quantitative estimate of drug-likeness (QED) is 0.155. The summed E-state index contributed by atoms with van der Waals surface area (Å²) < 4.78 is 1.26. The zero-order chi connectivity index (χ0) is 29.8. The Morgan fingerprint density at radius 2 is 1.05 bits per heavy atom. The van der Waals surface area contributed by atoms with Crippen LogP contribution in [-0.4, -0.2) is 20.5 Å². The molecule has 0 unspecified atom stereocenters. The van der Waals surface area contributed by atoms with Gasteiger partial charge in [-0.15, -0.1) is 0 Å². The van der Waals surface area contributed by atoms with E-state index in [9.17, 15) is 0 Å². The minimum atomic E-state index is 0.402. The third-order valence-corrected chi connectivity index (χ3v) is 9.00. The molecule has 2 aliphatic rings.